The van der Waals surface area contributed by atoms with Gasteiger partial charge in [-0.25, -0.2) is 13.2 Å². The zero-order chi connectivity index (χ0) is 27.5. The first-order chi connectivity index (χ1) is 18.8. The van der Waals surface area contributed by atoms with Crippen LogP contribution in [0.1, 0.15) is 39.2 Å². The Hall–Kier alpha value is -3.26. The van der Waals surface area contributed by atoms with Crippen molar-refractivity contribution in [3.63, 3.8) is 0 Å². The Kier molecular flexibility index (Phi) is 6.49. The number of likely N-dealkylation sites (N-methyl/N-ethyl adjacent to an activating group) is 1. The van der Waals surface area contributed by atoms with Crippen molar-refractivity contribution in [2.45, 2.75) is 23.5 Å². The molecule has 4 aliphatic heterocycles. The van der Waals surface area contributed by atoms with Gasteiger partial charge in [0.25, 0.3) is 0 Å². The van der Waals surface area contributed by atoms with Crippen LogP contribution in [0.5, 0.6) is 28.7 Å². The molecule has 2 aromatic rings. The second kappa shape index (κ2) is 9.73. The first-order valence-electron chi connectivity index (χ1n) is 12.6. The summed E-state index contributed by atoms with van der Waals surface area (Å²) in [6.07, 6.45) is -0.363. The number of sulfonamides is 1. The number of hydrogen-bond donors (Lipinski definition) is 0. The average molecular weight is 563 g/mol. The molecule has 0 saturated carbocycles. The number of esters is 1. The summed E-state index contributed by atoms with van der Waals surface area (Å²) in [5, 5.41) is 0. The second-order valence-corrected chi connectivity index (χ2v) is 11.5. The molecule has 0 aromatic heterocycles. The molecule has 210 valence electrons. The van der Waals surface area contributed by atoms with Crippen LogP contribution in [0.4, 0.5) is 0 Å². The van der Waals surface area contributed by atoms with Gasteiger partial charge in [0, 0.05) is 30.8 Å². The molecule has 39 heavy (non-hydrogen) atoms. The Bertz CT molecular complexity index is 1440. The Balaban J connectivity index is 1.58. The summed E-state index contributed by atoms with van der Waals surface area (Å²) >= 11 is 0. The fraction of sp³-hybridized carbons (Fsp3) is 0.500. The number of benzene rings is 2. The number of rotatable bonds is 6. The Morgan fingerprint density at radius 2 is 1.67 bits per heavy atom. The van der Waals surface area contributed by atoms with E-state index in [1.54, 1.807) is 12.1 Å². The standard InChI is InChI=1S/C26H30N2O10S/c1-27-8-7-15-17(19(27)20-14-5-6-16(32-2)21(33-3)18(14)26(29)38-20)22(34-4)23-24(37-13-36-23)25(15)39(30,31)28-9-11-35-12-10-28/h5-6,19-20H,7-13H2,1-4H3. The molecule has 2 atom stereocenters. The van der Waals surface area contributed by atoms with E-state index in [4.69, 9.17) is 33.2 Å². The van der Waals surface area contributed by atoms with Gasteiger partial charge in [0.1, 0.15) is 16.6 Å². The zero-order valence-corrected chi connectivity index (χ0v) is 23.0. The van der Waals surface area contributed by atoms with Crippen molar-refractivity contribution in [2.75, 3.05) is 68.0 Å². The molecule has 12 nitrogen and oxygen atoms in total. The molecule has 4 aliphatic rings. The normalized spacial score (nSPS) is 22.7. The van der Waals surface area contributed by atoms with Crippen LogP contribution in [0.3, 0.4) is 0 Å². The highest BCUT2D eigenvalue weighted by molar-refractivity contribution is 7.89. The van der Waals surface area contributed by atoms with E-state index in [1.807, 2.05) is 11.9 Å². The molecule has 4 heterocycles. The maximum absolute atomic E-state index is 14.1. The highest BCUT2D eigenvalue weighted by Crippen LogP contribution is 2.58. The second-order valence-electron chi connectivity index (χ2n) is 9.60. The largest absolute Gasteiger partial charge is 0.493 e. The number of cyclic esters (lactones) is 1. The number of ether oxygens (including phenoxy) is 7. The van der Waals surface area contributed by atoms with Gasteiger partial charge < -0.3 is 33.2 Å². The molecule has 6 rings (SSSR count). The van der Waals surface area contributed by atoms with Crippen molar-refractivity contribution in [1.82, 2.24) is 9.21 Å². The van der Waals surface area contributed by atoms with Crippen molar-refractivity contribution in [3.05, 3.63) is 34.4 Å². The first-order valence-corrected chi connectivity index (χ1v) is 14.0. The fourth-order valence-electron chi connectivity index (χ4n) is 5.98. The predicted molar refractivity (Wildman–Crippen MR) is 135 cm³/mol. The molecule has 0 aliphatic carbocycles. The highest BCUT2D eigenvalue weighted by atomic mass is 32.2. The zero-order valence-electron chi connectivity index (χ0n) is 22.1. The molecule has 0 bridgehead atoms. The third kappa shape index (κ3) is 3.82. The minimum atomic E-state index is -3.98. The number of hydrogen-bond acceptors (Lipinski definition) is 11. The SMILES string of the molecule is COc1ccc2c(c1OC)C(=O)OC2C1c2c(c(S(=O)(=O)N3CCOCC3)c3c(c2OC)OCO3)CCN1C. The number of nitrogens with zero attached hydrogens (tertiary/aromatic N) is 2. The molecule has 1 fully saturated rings. The third-order valence-corrected chi connectivity index (χ3v) is 9.73. The molecular weight excluding hydrogens is 532 g/mol. The van der Waals surface area contributed by atoms with Crippen molar-refractivity contribution in [3.8, 4) is 28.7 Å². The summed E-state index contributed by atoms with van der Waals surface area (Å²) in [5.74, 6) is 0.878. The molecule has 0 spiro atoms. The lowest BCUT2D eigenvalue weighted by Gasteiger charge is -2.39. The van der Waals surface area contributed by atoms with Crippen LogP contribution in [-0.2, 0) is 25.9 Å². The van der Waals surface area contributed by atoms with Crippen LogP contribution in [0.15, 0.2) is 17.0 Å². The maximum Gasteiger partial charge on any atom is 0.343 e. The van der Waals surface area contributed by atoms with Gasteiger partial charge in [-0.2, -0.15) is 4.31 Å². The van der Waals surface area contributed by atoms with Crippen molar-refractivity contribution in [2.24, 2.45) is 0 Å². The van der Waals surface area contributed by atoms with Crippen molar-refractivity contribution < 1.29 is 46.4 Å². The number of fused-ring (bicyclic) bond motifs is 3. The van der Waals surface area contributed by atoms with Gasteiger partial charge in [-0.1, -0.05) is 6.07 Å². The molecule has 2 aromatic carbocycles. The first kappa shape index (κ1) is 26.0. The topological polar surface area (TPSA) is 122 Å². The summed E-state index contributed by atoms with van der Waals surface area (Å²) < 4.78 is 69.3. The predicted octanol–water partition coefficient (Wildman–Crippen LogP) is 1.90. The number of methoxy groups -OCH3 is 3. The highest BCUT2D eigenvalue weighted by Gasteiger charge is 2.49. The summed E-state index contributed by atoms with van der Waals surface area (Å²) in [6, 6.07) is 2.92. The van der Waals surface area contributed by atoms with E-state index < -0.39 is 28.1 Å². The molecular formula is C26H30N2O10S. The van der Waals surface area contributed by atoms with Gasteiger partial charge >= 0.3 is 5.97 Å². The summed E-state index contributed by atoms with van der Waals surface area (Å²) in [4.78, 5) is 15.3. The molecule has 2 unspecified atom stereocenters. The Labute approximate surface area is 226 Å². The third-order valence-electron chi connectivity index (χ3n) is 7.74. The molecule has 13 heteroatoms. The Morgan fingerprint density at radius 1 is 0.949 bits per heavy atom. The van der Waals surface area contributed by atoms with Crippen LogP contribution in [0.25, 0.3) is 0 Å². The van der Waals surface area contributed by atoms with Gasteiger partial charge in [-0.3, -0.25) is 4.90 Å². The maximum atomic E-state index is 14.1. The smallest absolute Gasteiger partial charge is 0.343 e. The molecule has 1 saturated heterocycles. The van der Waals surface area contributed by atoms with E-state index in [0.717, 1.165) is 0 Å². The van der Waals surface area contributed by atoms with Crippen LogP contribution < -0.4 is 23.7 Å². The number of morpholine rings is 1. The molecule has 0 radical (unpaired) electrons. The monoisotopic (exact) mass is 562 g/mol. The van der Waals surface area contributed by atoms with Crippen LogP contribution in [0, 0.1) is 0 Å². The van der Waals surface area contributed by atoms with Crippen molar-refractivity contribution in [1.29, 1.82) is 0 Å². The summed E-state index contributed by atoms with van der Waals surface area (Å²) in [7, 11) is 2.39. The lowest BCUT2D eigenvalue weighted by Crippen LogP contribution is -2.42. The van der Waals surface area contributed by atoms with Gasteiger partial charge in [-0.05, 0) is 25.1 Å². The molecule has 0 N–H and O–H groups in total. The van der Waals surface area contributed by atoms with Gasteiger partial charge in [0.2, 0.25) is 22.6 Å². The quantitative estimate of drug-likeness (QED) is 0.480. The van der Waals surface area contributed by atoms with E-state index in [0.29, 0.717) is 54.4 Å². The molecule has 0 amide bonds. The van der Waals surface area contributed by atoms with E-state index in [2.05, 4.69) is 0 Å². The number of carbonyl (C=O) groups is 1. The van der Waals surface area contributed by atoms with E-state index in [9.17, 15) is 13.2 Å². The van der Waals surface area contributed by atoms with Crippen LogP contribution >= 0.6 is 0 Å². The van der Waals surface area contributed by atoms with E-state index in [-0.39, 0.29) is 47.6 Å². The Morgan fingerprint density at radius 3 is 2.36 bits per heavy atom. The minimum Gasteiger partial charge on any atom is -0.493 e. The van der Waals surface area contributed by atoms with Gasteiger partial charge in [0.05, 0.1) is 40.6 Å². The summed E-state index contributed by atoms with van der Waals surface area (Å²) in [6.45, 7) is 1.45. The lowest BCUT2D eigenvalue weighted by molar-refractivity contribution is 0.00854. The van der Waals surface area contributed by atoms with Crippen molar-refractivity contribution >= 4 is 16.0 Å². The van der Waals surface area contributed by atoms with Crippen LogP contribution in [-0.4, -0.2) is 91.6 Å². The average Bonchev–Trinajstić information content (AvgIpc) is 3.56. The van der Waals surface area contributed by atoms with Gasteiger partial charge in [0.15, 0.2) is 23.0 Å². The minimum absolute atomic E-state index is 0.0719. The van der Waals surface area contributed by atoms with E-state index in [1.165, 1.54) is 25.6 Å². The number of carbonyl (C=O) groups excluding carboxylic acids is 1. The van der Waals surface area contributed by atoms with Gasteiger partial charge in [-0.15, -0.1) is 0 Å². The van der Waals surface area contributed by atoms with Crippen LogP contribution in [0.2, 0.25) is 0 Å². The lowest BCUT2D eigenvalue weighted by atomic mass is 9.85. The van der Waals surface area contributed by atoms with E-state index >= 15 is 0 Å². The summed E-state index contributed by atoms with van der Waals surface area (Å²) in [5.41, 5.74) is 2.04. The fourth-order valence-corrected chi connectivity index (χ4v) is 7.78.